The first-order valence-electron chi connectivity index (χ1n) is 5.93. The average Bonchev–Trinajstić information content (AvgIpc) is 2.51. The molecule has 0 saturated carbocycles. The van der Waals surface area contributed by atoms with Gasteiger partial charge in [0.15, 0.2) is 0 Å². The molecular formula is C15H11ClN2OS2. The van der Waals surface area contributed by atoms with Gasteiger partial charge >= 0.3 is 0 Å². The maximum Gasteiger partial charge on any atom is 0.207 e. The van der Waals surface area contributed by atoms with Gasteiger partial charge in [-0.3, -0.25) is 0 Å². The quantitative estimate of drug-likeness (QED) is 0.325. The van der Waals surface area contributed by atoms with E-state index in [2.05, 4.69) is 4.99 Å². The monoisotopic (exact) mass is 334 g/mol. The Hall–Kier alpha value is -1.61. The first kappa shape index (κ1) is 15.8. The number of nitriles is 1. The summed E-state index contributed by atoms with van der Waals surface area (Å²) in [5.74, 6) is 1.47. The summed E-state index contributed by atoms with van der Waals surface area (Å²) < 4.78 is 6.42. The third-order valence-corrected chi connectivity index (χ3v) is 4.61. The number of aliphatic imine (C=N–C) groups is 1. The fraction of sp³-hybridized carbons (Fsp3) is 0.0667. The minimum absolute atomic E-state index is 0.676. The molecule has 0 atom stereocenters. The van der Waals surface area contributed by atoms with Crippen LogP contribution in [0.5, 0.6) is 11.5 Å². The van der Waals surface area contributed by atoms with Gasteiger partial charge in [-0.1, -0.05) is 23.4 Å². The van der Waals surface area contributed by atoms with Crippen LogP contribution in [0.1, 0.15) is 0 Å². The molecule has 2 aromatic carbocycles. The van der Waals surface area contributed by atoms with Crippen LogP contribution in [0, 0.1) is 11.5 Å². The van der Waals surface area contributed by atoms with Gasteiger partial charge in [-0.15, -0.1) is 11.8 Å². The molecule has 2 aromatic rings. The van der Waals surface area contributed by atoms with Crippen molar-refractivity contribution in [2.45, 2.75) is 4.90 Å². The van der Waals surface area contributed by atoms with E-state index >= 15 is 0 Å². The Morgan fingerprint density at radius 3 is 2.19 bits per heavy atom. The number of halogens is 1. The Morgan fingerprint density at radius 2 is 1.67 bits per heavy atom. The first-order valence-corrected chi connectivity index (χ1v) is 8.35. The second-order valence-electron chi connectivity index (χ2n) is 3.81. The molecule has 3 nitrogen and oxygen atoms in total. The lowest BCUT2D eigenvalue weighted by molar-refractivity contribution is 0.482. The molecule has 21 heavy (non-hydrogen) atoms. The van der Waals surface area contributed by atoms with Crippen LogP contribution in [-0.2, 0) is 0 Å². The zero-order valence-corrected chi connectivity index (χ0v) is 13.5. The van der Waals surface area contributed by atoms with E-state index in [4.69, 9.17) is 21.6 Å². The molecular weight excluding hydrogens is 324 g/mol. The van der Waals surface area contributed by atoms with E-state index in [1.807, 2.05) is 42.7 Å². The lowest BCUT2D eigenvalue weighted by Gasteiger charge is -2.07. The Morgan fingerprint density at radius 1 is 1.10 bits per heavy atom. The van der Waals surface area contributed by atoms with Crippen molar-refractivity contribution in [1.29, 1.82) is 5.26 Å². The van der Waals surface area contributed by atoms with Crippen LogP contribution in [0.25, 0.3) is 0 Å². The molecule has 0 bridgehead atoms. The predicted octanol–water partition coefficient (Wildman–Crippen LogP) is 5.42. The van der Waals surface area contributed by atoms with Crippen LogP contribution in [0.4, 0.5) is 0 Å². The number of ether oxygens (including phenoxy) is 1. The van der Waals surface area contributed by atoms with E-state index in [9.17, 15) is 0 Å². The molecule has 0 radical (unpaired) electrons. The second kappa shape index (κ2) is 7.99. The largest absolute Gasteiger partial charge is 0.457 e. The highest BCUT2D eigenvalue weighted by molar-refractivity contribution is 8.38. The van der Waals surface area contributed by atoms with Gasteiger partial charge < -0.3 is 4.74 Å². The molecule has 2 rings (SSSR count). The smallest absolute Gasteiger partial charge is 0.207 e. The van der Waals surface area contributed by atoms with Gasteiger partial charge in [-0.05, 0) is 54.8 Å². The highest BCUT2D eigenvalue weighted by Crippen LogP contribution is 2.28. The van der Waals surface area contributed by atoms with Crippen LogP contribution in [0.3, 0.4) is 0 Å². The molecule has 0 saturated heterocycles. The number of benzene rings is 2. The lowest BCUT2D eigenvalue weighted by atomic mass is 10.3. The Bertz CT molecular complexity index is 664. The molecule has 0 aliphatic rings. The Kier molecular flexibility index (Phi) is 6.00. The minimum atomic E-state index is 0.676. The lowest BCUT2D eigenvalue weighted by Crippen LogP contribution is -1.86. The van der Waals surface area contributed by atoms with Gasteiger partial charge in [-0.2, -0.15) is 10.3 Å². The third kappa shape index (κ3) is 5.01. The topological polar surface area (TPSA) is 45.4 Å². The Balaban J connectivity index is 2.03. The molecule has 0 aliphatic carbocycles. The molecule has 6 heteroatoms. The second-order valence-corrected chi connectivity index (χ2v) is 6.36. The van der Waals surface area contributed by atoms with Crippen LogP contribution in [0.2, 0.25) is 5.02 Å². The molecule has 106 valence electrons. The summed E-state index contributed by atoms with van der Waals surface area (Å²) in [5, 5.41) is 9.26. The predicted molar refractivity (Wildman–Crippen MR) is 90.4 cm³/mol. The summed E-state index contributed by atoms with van der Waals surface area (Å²) in [4.78, 5) is 4.74. The molecule has 0 amide bonds. The highest BCUT2D eigenvalue weighted by atomic mass is 35.5. The highest BCUT2D eigenvalue weighted by Gasteiger charge is 2.03. The summed E-state index contributed by atoms with van der Waals surface area (Å²) in [7, 11) is 0. The van der Waals surface area contributed by atoms with E-state index < -0.39 is 0 Å². The minimum Gasteiger partial charge on any atom is -0.457 e. The number of hydrogen-bond donors (Lipinski definition) is 0. The maximum absolute atomic E-state index is 8.58. The zero-order valence-electron chi connectivity index (χ0n) is 11.1. The average molecular weight is 335 g/mol. The van der Waals surface area contributed by atoms with Gasteiger partial charge in [0.1, 0.15) is 15.9 Å². The molecule has 0 aliphatic heterocycles. The van der Waals surface area contributed by atoms with E-state index in [1.54, 1.807) is 18.3 Å². The molecule has 0 aromatic heterocycles. The van der Waals surface area contributed by atoms with Crippen LogP contribution in [0.15, 0.2) is 58.4 Å². The number of rotatable bonds is 3. The van der Waals surface area contributed by atoms with Crippen LogP contribution >= 0.6 is 35.1 Å². The van der Waals surface area contributed by atoms with Crippen LogP contribution < -0.4 is 4.74 Å². The number of hydrogen-bond acceptors (Lipinski definition) is 5. The van der Waals surface area contributed by atoms with Crippen LogP contribution in [-0.4, -0.2) is 10.6 Å². The SMILES string of the molecule is CSC(=NC#N)Sc1ccc(Oc2ccc(Cl)cc2)cc1. The molecule has 0 spiro atoms. The normalized spacial score (nSPS) is 11.0. The Labute approximate surface area is 137 Å². The third-order valence-electron chi connectivity index (χ3n) is 2.39. The van der Waals surface area contributed by atoms with Gasteiger partial charge in [-0.25, -0.2) is 0 Å². The molecule has 0 N–H and O–H groups in total. The summed E-state index contributed by atoms with van der Waals surface area (Å²) >= 11 is 8.72. The van der Waals surface area contributed by atoms with E-state index in [-0.39, 0.29) is 0 Å². The maximum atomic E-state index is 8.58. The van der Waals surface area contributed by atoms with Crippen molar-refractivity contribution in [3.63, 3.8) is 0 Å². The fourth-order valence-corrected chi connectivity index (χ4v) is 2.91. The standard InChI is InChI=1S/C15H11ClN2OS2/c1-20-15(18-10-17)21-14-8-6-13(7-9-14)19-12-4-2-11(16)3-5-12/h2-9H,1H3. The van der Waals surface area contributed by atoms with Crippen molar-refractivity contribution in [3.8, 4) is 17.7 Å². The zero-order chi connectivity index (χ0) is 15.1. The summed E-state index contributed by atoms with van der Waals surface area (Å²) in [6, 6.07) is 14.8. The molecule has 0 heterocycles. The number of thioether (sulfide) groups is 2. The van der Waals surface area contributed by atoms with E-state index in [0.717, 1.165) is 16.4 Å². The number of nitrogens with zero attached hydrogens (tertiary/aromatic N) is 2. The summed E-state index contributed by atoms with van der Waals surface area (Å²) in [6.45, 7) is 0. The summed E-state index contributed by atoms with van der Waals surface area (Å²) in [6.07, 6.45) is 3.69. The first-order chi connectivity index (χ1) is 10.2. The van der Waals surface area contributed by atoms with E-state index in [1.165, 1.54) is 23.5 Å². The van der Waals surface area contributed by atoms with E-state index in [0.29, 0.717) is 9.40 Å². The van der Waals surface area contributed by atoms with Crippen molar-refractivity contribution >= 4 is 39.5 Å². The molecule has 0 unspecified atom stereocenters. The van der Waals surface area contributed by atoms with Crippen molar-refractivity contribution in [3.05, 3.63) is 53.6 Å². The van der Waals surface area contributed by atoms with Gasteiger partial charge in [0.25, 0.3) is 0 Å². The fourth-order valence-electron chi connectivity index (χ4n) is 1.47. The van der Waals surface area contributed by atoms with Crippen molar-refractivity contribution < 1.29 is 4.74 Å². The van der Waals surface area contributed by atoms with Crippen molar-refractivity contribution in [2.75, 3.05) is 6.26 Å². The van der Waals surface area contributed by atoms with Gasteiger partial charge in [0, 0.05) is 9.92 Å². The molecule has 0 fully saturated rings. The van der Waals surface area contributed by atoms with Crippen molar-refractivity contribution in [1.82, 2.24) is 0 Å². The summed E-state index contributed by atoms with van der Waals surface area (Å²) in [5.41, 5.74) is 0. The van der Waals surface area contributed by atoms with Crippen molar-refractivity contribution in [2.24, 2.45) is 4.99 Å². The van der Waals surface area contributed by atoms with Gasteiger partial charge in [0.05, 0.1) is 0 Å². The van der Waals surface area contributed by atoms with Gasteiger partial charge in [0.2, 0.25) is 6.19 Å².